The van der Waals surface area contributed by atoms with E-state index >= 15 is 0 Å². The van der Waals surface area contributed by atoms with Gasteiger partial charge in [-0.2, -0.15) is 0 Å². The number of benzene rings is 3. The maximum atomic E-state index is 13.3. The summed E-state index contributed by atoms with van der Waals surface area (Å²) in [5.74, 6) is -0.358. The minimum atomic E-state index is -0.857. The molecule has 0 saturated heterocycles. The van der Waals surface area contributed by atoms with Crippen molar-refractivity contribution in [3.05, 3.63) is 82.1 Å². The van der Waals surface area contributed by atoms with Gasteiger partial charge in [0.05, 0.1) is 0 Å². The van der Waals surface area contributed by atoms with Gasteiger partial charge >= 0.3 is 0 Å². The monoisotopic (exact) mass is 330 g/mol. The van der Waals surface area contributed by atoms with Crippen LogP contribution in [0, 0.1) is 5.82 Å². The average Bonchev–Trinajstić information content (AvgIpc) is 2.48. The topological polar surface area (TPSA) is 20.2 Å². The molecular weight excluding hydrogens is 319 g/mol. The maximum absolute atomic E-state index is 13.3. The highest BCUT2D eigenvalue weighted by molar-refractivity contribution is 9.10. The van der Waals surface area contributed by atoms with Crippen LogP contribution < -0.4 is 0 Å². The Kier molecular flexibility index (Phi) is 3.55. The third kappa shape index (κ3) is 2.47. The Hall–Kier alpha value is -1.71. The quantitative estimate of drug-likeness (QED) is 0.714. The summed E-state index contributed by atoms with van der Waals surface area (Å²) in [5, 5.41) is 12.6. The molecular formula is C17H12BrFO. The van der Waals surface area contributed by atoms with E-state index in [9.17, 15) is 9.50 Å². The molecule has 3 heteroatoms. The molecule has 1 atom stereocenters. The molecule has 0 fully saturated rings. The molecule has 0 spiro atoms. The smallest absolute Gasteiger partial charge is 0.123 e. The third-order valence-corrected chi connectivity index (χ3v) is 4.06. The standard InChI is InChI=1S/C17H12BrFO/c18-16-8-7-14(19)10-15(16)17(20)13-6-5-11-3-1-2-4-12(11)9-13/h1-10,17,20H. The Morgan fingerprint density at radius 1 is 0.900 bits per heavy atom. The highest BCUT2D eigenvalue weighted by Gasteiger charge is 2.15. The maximum Gasteiger partial charge on any atom is 0.123 e. The SMILES string of the molecule is OC(c1ccc2ccccc2c1)c1cc(F)ccc1Br. The van der Waals surface area contributed by atoms with E-state index in [2.05, 4.69) is 15.9 Å². The van der Waals surface area contributed by atoms with Crippen molar-refractivity contribution in [1.29, 1.82) is 0 Å². The molecule has 3 rings (SSSR count). The van der Waals surface area contributed by atoms with Crippen molar-refractivity contribution in [1.82, 2.24) is 0 Å². The van der Waals surface area contributed by atoms with E-state index in [0.717, 1.165) is 16.3 Å². The Balaban J connectivity index is 2.07. The first kappa shape index (κ1) is 13.3. The molecule has 1 N–H and O–H groups in total. The van der Waals surface area contributed by atoms with Gasteiger partial charge in [-0.05, 0) is 40.6 Å². The lowest BCUT2D eigenvalue weighted by Crippen LogP contribution is -2.01. The molecule has 1 nitrogen and oxygen atoms in total. The van der Waals surface area contributed by atoms with Crippen molar-refractivity contribution < 1.29 is 9.50 Å². The van der Waals surface area contributed by atoms with E-state index in [1.54, 1.807) is 6.07 Å². The van der Waals surface area contributed by atoms with E-state index in [0.29, 0.717) is 10.0 Å². The van der Waals surface area contributed by atoms with Crippen LogP contribution in [0.4, 0.5) is 4.39 Å². The lowest BCUT2D eigenvalue weighted by molar-refractivity contribution is 0.219. The van der Waals surface area contributed by atoms with Gasteiger partial charge in [0.1, 0.15) is 11.9 Å². The Bertz CT molecular complexity index is 770. The largest absolute Gasteiger partial charge is 0.384 e. The second kappa shape index (κ2) is 5.35. The molecule has 0 aliphatic carbocycles. The van der Waals surface area contributed by atoms with E-state index < -0.39 is 6.10 Å². The van der Waals surface area contributed by atoms with Crippen molar-refractivity contribution in [3.63, 3.8) is 0 Å². The second-order valence-electron chi connectivity index (χ2n) is 4.67. The second-order valence-corrected chi connectivity index (χ2v) is 5.53. The molecule has 0 radical (unpaired) electrons. The summed E-state index contributed by atoms with van der Waals surface area (Å²) < 4.78 is 14.0. The van der Waals surface area contributed by atoms with Crippen molar-refractivity contribution in [2.24, 2.45) is 0 Å². The number of hydrogen-bond donors (Lipinski definition) is 1. The number of hydrogen-bond acceptors (Lipinski definition) is 1. The molecule has 3 aromatic carbocycles. The summed E-state index contributed by atoms with van der Waals surface area (Å²) in [4.78, 5) is 0. The zero-order valence-electron chi connectivity index (χ0n) is 10.6. The molecule has 0 saturated carbocycles. The van der Waals surface area contributed by atoms with Crippen molar-refractivity contribution in [2.75, 3.05) is 0 Å². The van der Waals surface area contributed by atoms with E-state index in [-0.39, 0.29) is 5.82 Å². The molecule has 20 heavy (non-hydrogen) atoms. The minimum absolute atomic E-state index is 0.358. The number of halogens is 2. The molecule has 0 heterocycles. The number of aliphatic hydroxyl groups is 1. The summed E-state index contributed by atoms with van der Waals surface area (Å²) in [6.45, 7) is 0. The van der Waals surface area contributed by atoms with E-state index in [4.69, 9.17) is 0 Å². The lowest BCUT2D eigenvalue weighted by Gasteiger charge is -2.14. The summed E-state index contributed by atoms with van der Waals surface area (Å²) in [6, 6.07) is 18.0. The Morgan fingerprint density at radius 2 is 1.65 bits per heavy atom. The summed E-state index contributed by atoms with van der Waals surface area (Å²) >= 11 is 3.35. The first-order valence-electron chi connectivity index (χ1n) is 6.27. The first-order valence-corrected chi connectivity index (χ1v) is 7.06. The van der Waals surface area contributed by atoms with Crippen LogP contribution in [0.3, 0.4) is 0 Å². The highest BCUT2D eigenvalue weighted by atomic mass is 79.9. The summed E-state index contributed by atoms with van der Waals surface area (Å²) in [6.07, 6.45) is -0.857. The normalized spacial score (nSPS) is 12.6. The highest BCUT2D eigenvalue weighted by Crippen LogP contribution is 2.30. The van der Waals surface area contributed by atoms with Crippen LogP contribution in [0.5, 0.6) is 0 Å². The molecule has 0 aromatic heterocycles. The fourth-order valence-electron chi connectivity index (χ4n) is 2.28. The van der Waals surface area contributed by atoms with E-state index in [1.807, 2.05) is 42.5 Å². The first-order chi connectivity index (χ1) is 9.65. The molecule has 1 unspecified atom stereocenters. The third-order valence-electron chi connectivity index (χ3n) is 3.34. The zero-order valence-corrected chi connectivity index (χ0v) is 12.1. The van der Waals surface area contributed by atoms with Crippen LogP contribution in [0.2, 0.25) is 0 Å². The van der Waals surface area contributed by atoms with Crippen LogP contribution >= 0.6 is 15.9 Å². The summed E-state index contributed by atoms with van der Waals surface area (Å²) in [7, 11) is 0. The van der Waals surface area contributed by atoms with Crippen LogP contribution in [-0.2, 0) is 0 Å². The fraction of sp³-hybridized carbons (Fsp3) is 0.0588. The number of fused-ring (bicyclic) bond motifs is 1. The van der Waals surface area contributed by atoms with E-state index in [1.165, 1.54) is 12.1 Å². The van der Waals surface area contributed by atoms with Crippen molar-refractivity contribution in [3.8, 4) is 0 Å². The lowest BCUT2D eigenvalue weighted by atomic mass is 9.98. The predicted molar refractivity (Wildman–Crippen MR) is 82.1 cm³/mol. The minimum Gasteiger partial charge on any atom is -0.384 e. The van der Waals surface area contributed by atoms with Crippen molar-refractivity contribution >= 4 is 26.7 Å². The Morgan fingerprint density at radius 3 is 2.45 bits per heavy atom. The van der Waals surface area contributed by atoms with Gasteiger partial charge in [-0.3, -0.25) is 0 Å². The number of rotatable bonds is 2. The zero-order chi connectivity index (χ0) is 14.1. The van der Waals surface area contributed by atoms with Gasteiger partial charge in [0.25, 0.3) is 0 Å². The van der Waals surface area contributed by atoms with Gasteiger partial charge in [0, 0.05) is 10.0 Å². The van der Waals surface area contributed by atoms with Crippen LogP contribution in [0.15, 0.2) is 65.1 Å². The molecule has 0 aliphatic heterocycles. The molecule has 3 aromatic rings. The molecule has 0 bridgehead atoms. The van der Waals surface area contributed by atoms with Gasteiger partial charge in [0.15, 0.2) is 0 Å². The average molecular weight is 331 g/mol. The fourth-order valence-corrected chi connectivity index (χ4v) is 2.75. The molecule has 0 aliphatic rings. The predicted octanol–water partition coefficient (Wildman–Crippen LogP) is 4.82. The summed E-state index contributed by atoms with van der Waals surface area (Å²) in [5.41, 5.74) is 1.27. The van der Waals surface area contributed by atoms with Gasteiger partial charge in [-0.25, -0.2) is 4.39 Å². The van der Waals surface area contributed by atoms with Crippen molar-refractivity contribution in [2.45, 2.75) is 6.10 Å². The van der Waals surface area contributed by atoms with Gasteiger partial charge in [0.2, 0.25) is 0 Å². The van der Waals surface area contributed by atoms with Gasteiger partial charge in [-0.15, -0.1) is 0 Å². The van der Waals surface area contributed by atoms with Crippen LogP contribution in [0.25, 0.3) is 10.8 Å². The molecule has 100 valence electrons. The molecule has 0 amide bonds. The Labute approximate surface area is 124 Å². The van der Waals surface area contributed by atoms with Crippen LogP contribution in [0.1, 0.15) is 17.2 Å². The van der Waals surface area contributed by atoms with Gasteiger partial charge in [-0.1, -0.05) is 52.3 Å². The number of aliphatic hydroxyl groups excluding tert-OH is 1. The van der Waals surface area contributed by atoms with Crippen LogP contribution in [-0.4, -0.2) is 5.11 Å². The van der Waals surface area contributed by atoms with Gasteiger partial charge < -0.3 is 5.11 Å².